The van der Waals surface area contributed by atoms with Crippen molar-refractivity contribution in [2.24, 2.45) is 0 Å². The second-order valence-corrected chi connectivity index (χ2v) is 2.99. The minimum Gasteiger partial charge on any atom is -0.468 e. The van der Waals surface area contributed by atoms with Crippen LogP contribution in [0.3, 0.4) is 0 Å². The monoisotopic (exact) mass is 185 g/mol. The first-order valence-corrected chi connectivity index (χ1v) is 3.94. The largest absolute Gasteiger partial charge is 0.468 e. The van der Waals surface area contributed by atoms with Crippen LogP contribution < -0.4 is 0 Å². The molecule has 0 aromatic rings. The number of hydrogen-bond donors (Lipinski definition) is 0. The van der Waals surface area contributed by atoms with Gasteiger partial charge >= 0.3 is 5.97 Å². The van der Waals surface area contributed by atoms with E-state index in [1.165, 1.54) is 18.1 Å². The van der Waals surface area contributed by atoms with Crippen molar-refractivity contribution in [1.82, 2.24) is 4.90 Å². The van der Waals surface area contributed by atoms with Crippen molar-refractivity contribution < 1.29 is 14.3 Å². The van der Waals surface area contributed by atoms with E-state index in [-0.39, 0.29) is 12.5 Å². The standard InChI is InChI=1S/C9H15NO3/c1-7(2)5-8(11)10(3)6-9(12)13-4/h5H,6H2,1-4H3. The molecular formula is C9H15NO3. The third-order valence-corrected chi connectivity index (χ3v) is 1.38. The van der Waals surface area contributed by atoms with E-state index in [1.807, 2.05) is 13.8 Å². The smallest absolute Gasteiger partial charge is 0.325 e. The highest BCUT2D eigenvalue weighted by molar-refractivity contribution is 5.90. The zero-order valence-corrected chi connectivity index (χ0v) is 8.46. The van der Waals surface area contributed by atoms with Gasteiger partial charge in [-0.3, -0.25) is 9.59 Å². The zero-order valence-electron chi connectivity index (χ0n) is 8.46. The van der Waals surface area contributed by atoms with Crippen LogP contribution in [-0.4, -0.2) is 37.5 Å². The summed E-state index contributed by atoms with van der Waals surface area (Å²) in [6, 6.07) is 0. The molecule has 0 fully saturated rings. The van der Waals surface area contributed by atoms with E-state index < -0.39 is 5.97 Å². The molecule has 0 heterocycles. The Morgan fingerprint density at radius 2 is 1.92 bits per heavy atom. The Morgan fingerprint density at radius 1 is 1.38 bits per heavy atom. The van der Waals surface area contributed by atoms with Gasteiger partial charge in [0.2, 0.25) is 5.91 Å². The van der Waals surface area contributed by atoms with Gasteiger partial charge in [-0.15, -0.1) is 0 Å². The quantitative estimate of drug-likeness (QED) is 0.477. The maximum Gasteiger partial charge on any atom is 0.325 e. The van der Waals surface area contributed by atoms with Gasteiger partial charge in [0.25, 0.3) is 0 Å². The van der Waals surface area contributed by atoms with Gasteiger partial charge in [-0.05, 0) is 13.8 Å². The number of likely N-dealkylation sites (N-methyl/N-ethyl adjacent to an activating group) is 1. The molecule has 0 spiro atoms. The van der Waals surface area contributed by atoms with Crippen molar-refractivity contribution in [3.63, 3.8) is 0 Å². The van der Waals surface area contributed by atoms with E-state index >= 15 is 0 Å². The van der Waals surface area contributed by atoms with Crippen molar-refractivity contribution in [3.05, 3.63) is 11.6 Å². The number of ether oxygens (including phenoxy) is 1. The Labute approximate surface area is 78.2 Å². The van der Waals surface area contributed by atoms with E-state index in [4.69, 9.17) is 0 Å². The summed E-state index contributed by atoms with van der Waals surface area (Å²) in [6.45, 7) is 3.63. The molecule has 0 aliphatic heterocycles. The molecule has 0 rings (SSSR count). The zero-order chi connectivity index (χ0) is 10.4. The Balaban J connectivity index is 4.12. The van der Waals surface area contributed by atoms with Gasteiger partial charge in [0.15, 0.2) is 0 Å². The summed E-state index contributed by atoms with van der Waals surface area (Å²) in [5.74, 6) is -0.608. The van der Waals surface area contributed by atoms with Crippen LogP contribution in [0, 0.1) is 0 Å². The van der Waals surface area contributed by atoms with Crippen LogP contribution in [0.5, 0.6) is 0 Å². The van der Waals surface area contributed by atoms with Crippen molar-refractivity contribution >= 4 is 11.9 Å². The number of allylic oxidation sites excluding steroid dienone is 1. The van der Waals surface area contributed by atoms with Gasteiger partial charge < -0.3 is 9.64 Å². The summed E-state index contributed by atoms with van der Waals surface area (Å²) in [4.78, 5) is 23.3. The van der Waals surface area contributed by atoms with Gasteiger partial charge in [-0.1, -0.05) is 5.57 Å². The summed E-state index contributed by atoms with van der Waals surface area (Å²) < 4.78 is 4.42. The van der Waals surface area contributed by atoms with E-state index in [0.717, 1.165) is 5.57 Å². The molecule has 0 saturated carbocycles. The lowest BCUT2D eigenvalue weighted by molar-refractivity contribution is -0.144. The Bertz CT molecular complexity index is 229. The van der Waals surface area contributed by atoms with Crippen molar-refractivity contribution in [2.75, 3.05) is 20.7 Å². The maximum absolute atomic E-state index is 11.2. The van der Waals surface area contributed by atoms with Gasteiger partial charge in [0.1, 0.15) is 6.54 Å². The molecule has 13 heavy (non-hydrogen) atoms. The van der Waals surface area contributed by atoms with Crippen LogP contribution in [0.25, 0.3) is 0 Å². The highest BCUT2D eigenvalue weighted by Gasteiger charge is 2.09. The highest BCUT2D eigenvalue weighted by Crippen LogP contribution is 1.93. The van der Waals surface area contributed by atoms with Gasteiger partial charge in [-0.25, -0.2) is 0 Å². The lowest BCUT2D eigenvalue weighted by Gasteiger charge is -2.13. The van der Waals surface area contributed by atoms with E-state index in [9.17, 15) is 9.59 Å². The van der Waals surface area contributed by atoms with Crippen LogP contribution in [-0.2, 0) is 14.3 Å². The molecule has 0 aromatic heterocycles. The molecular weight excluding hydrogens is 170 g/mol. The van der Waals surface area contributed by atoms with Crippen LogP contribution >= 0.6 is 0 Å². The lowest BCUT2D eigenvalue weighted by Crippen LogP contribution is -2.31. The molecule has 0 unspecified atom stereocenters. The Hall–Kier alpha value is -1.32. The van der Waals surface area contributed by atoms with Gasteiger partial charge in [0.05, 0.1) is 7.11 Å². The predicted molar refractivity (Wildman–Crippen MR) is 49.1 cm³/mol. The molecule has 4 nitrogen and oxygen atoms in total. The van der Waals surface area contributed by atoms with Crippen molar-refractivity contribution in [2.45, 2.75) is 13.8 Å². The summed E-state index contributed by atoms with van der Waals surface area (Å²) in [7, 11) is 2.85. The second-order valence-electron chi connectivity index (χ2n) is 2.99. The third-order valence-electron chi connectivity index (χ3n) is 1.38. The molecule has 0 radical (unpaired) electrons. The Morgan fingerprint density at radius 3 is 2.31 bits per heavy atom. The second kappa shape index (κ2) is 5.35. The molecule has 0 saturated heterocycles. The van der Waals surface area contributed by atoms with Crippen LogP contribution in [0.2, 0.25) is 0 Å². The normalized spacial score (nSPS) is 8.92. The first kappa shape index (κ1) is 11.7. The van der Waals surface area contributed by atoms with Crippen LogP contribution in [0.4, 0.5) is 0 Å². The van der Waals surface area contributed by atoms with Gasteiger partial charge in [0, 0.05) is 13.1 Å². The van der Waals surface area contributed by atoms with Crippen LogP contribution in [0.15, 0.2) is 11.6 Å². The molecule has 0 aliphatic carbocycles. The van der Waals surface area contributed by atoms with E-state index in [2.05, 4.69) is 4.74 Å². The van der Waals surface area contributed by atoms with Crippen molar-refractivity contribution in [3.8, 4) is 0 Å². The molecule has 4 heteroatoms. The maximum atomic E-state index is 11.2. The molecule has 74 valence electrons. The minimum absolute atomic E-state index is 0.0148. The minimum atomic E-state index is -0.419. The Kier molecular flexibility index (Phi) is 4.80. The highest BCUT2D eigenvalue weighted by atomic mass is 16.5. The van der Waals surface area contributed by atoms with E-state index in [0.29, 0.717) is 0 Å². The number of hydrogen-bond acceptors (Lipinski definition) is 3. The summed E-state index contributed by atoms with van der Waals surface area (Å²) in [5.41, 5.74) is 0.904. The third kappa shape index (κ3) is 5.00. The summed E-state index contributed by atoms with van der Waals surface area (Å²) >= 11 is 0. The molecule has 1 amide bonds. The molecule has 0 aromatic carbocycles. The number of amides is 1. The molecule has 0 aliphatic rings. The number of methoxy groups -OCH3 is 1. The van der Waals surface area contributed by atoms with Gasteiger partial charge in [-0.2, -0.15) is 0 Å². The fraction of sp³-hybridized carbons (Fsp3) is 0.556. The SMILES string of the molecule is COC(=O)CN(C)C(=O)C=C(C)C. The number of esters is 1. The predicted octanol–water partition coefficient (Wildman–Crippen LogP) is 0.584. The first-order valence-electron chi connectivity index (χ1n) is 3.94. The fourth-order valence-corrected chi connectivity index (χ4v) is 0.693. The number of rotatable bonds is 3. The molecule has 0 atom stereocenters. The average Bonchev–Trinajstić information content (AvgIpc) is 2.02. The molecule has 0 bridgehead atoms. The number of carbonyl (C=O) groups is 2. The molecule has 0 N–H and O–H groups in total. The summed E-state index contributed by atoms with van der Waals surface area (Å²) in [5, 5.41) is 0. The first-order chi connectivity index (χ1) is 5.97. The number of nitrogens with zero attached hydrogens (tertiary/aromatic N) is 1. The fourth-order valence-electron chi connectivity index (χ4n) is 0.693. The number of carbonyl (C=O) groups excluding carboxylic acids is 2. The topological polar surface area (TPSA) is 46.6 Å². The lowest BCUT2D eigenvalue weighted by atomic mass is 10.3. The van der Waals surface area contributed by atoms with Crippen LogP contribution in [0.1, 0.15) is 13.8 Å². The average molecular weight is 185 g/mol. The van der Waals surface area contributed by atoms with E-state index in [1.54, 1.807) is 7.05 Å². The summed E-state index contributed by atoms with van der Waals surface area (Å²) in [6.07, 6.45) is 1.48. The van der Waals surface area contributed by atoms with Crippen molar-refractivity contribution in [1.29, 1.82) is 0 Å².